The minimum Gasteiger partial charge on any atom is -0.493 e. The SMILES string of the molecule is COc1ccc(CN2C(=O)N[C@H](CCC(=O)NCc3ccccc3)C2=O)cc1OC. The van der Waals surface area contributed by atoms with Crippen LogP contribution in [-0.4, -0.2) is 43.0 Å². The number of hydrogen-bond donors (Lipinski definition) is 2. The maximum absolute atomic E-state index is 12.6. The summed E-state index contributed by atoms with van der Waals surface area (Å²) in [5.41, 5.74) is 1.73. The zero-order valence-electron chi connectivity index (χ0n) is 17.0. The largest absolute Gasteiger partial charge is 0.493 e. The molecule has 3 rings (SSSR count). The Morgan fingerprint density at radius 3 is 2.47 bits per heavy atom. The van der Waals surface area contributed by atoms with E-state index in [0.717, 1.165) is 16.0 Å². The number of rotatable bonds is 9. The molecule has 1 fully saturated rings. The van der Waals surface area contributed by atoms with Crippen LogP contribution < -0.4 is 20.1 Å². The molecule has 2 N–H and O–H groups in total. The fourth-order valence-corrected chi connectivity index (χ4v) is 3.24. The van der Waals surface area contributed by atoms with Crippen molar-refractivity contribution in [3.63, 3.8) is 0 Å². The molecule has 1 saturated heterocycles. The molecule has 0 spiro atoms. The predicted octanol–water partition coefficient (Wildman–Crippen LogP) is 2.22. The number of ether oxygens (including phenoxy) is 2. The molecule has 1 heterocycles. The van der Waals surface area contributed by atoms with E-state index < -0.39 is 12.1 Å². The number of imide groups is 1. The highest BCUT2D eigenvalue weighted by Gasteiger charge is 2.37. The van der Waals surface area contributed by atoms with Gasteiger partial charge >= 0.3 is 6.03 Å². The van der Waals surface area contributed by atoms with E-state index >= 15 is 0 Å². The van der Waals surface area contributed by atoms with Gasteiger partial charge in [0.05, 0.1) is 20.8 Å². The summed E-state index contributed by atoms with van der Waals surface area (Å²) < 4.78 is 10.5. The molecule has 8 heteroatoms. The first kappa shape index (κ1) is 21.2. The van der Waals surface area contributed by atoms with Crippen molar-refractivity contribution in [2.75, 3.05) is 14.2 Å². The predicted molar refractivity (Wildman–Crippen MR) is 110 cm³/mol. The van der Waals surface area contributed by atoms with Crippen molar-refractivity contribution in [3.05, 3.63) is 59.7 Å². The third-order valence-electron chi connectivity index (χ3n) is 4.89. The van der Waals surface area contributed by atoms with Gasteiger partial charge in [0.15, 0.2) is 11.5 Å². The van der Waals surface area contributed by atoms with Crippen LogP contribution in [0, 0.1) is 0 Å². The van der Waals surface area contributed by atoms with E-state index in [4.69, 9.17) is 9.47 Å². The van der Waals surface area contributed by atoms with Crippen molar-refractivity contribution in [1.29, 1.82) is 0 Å². The van der Waals surface area contributed by atoms with Gasteiger partial charge < -0.3 is 20.1 Å². The molecule has 30 heavy (non-hydrogen) atoms. The number of benzene rings is 2. The van der Waals surface area contributed by atoms with E-state index in [1.54, 1.807) is 18.2 Å². The minimum absolute atomic E-state index is 0.113. The van der Waals surface area contributed by atoms with Crippen molar-refractivity contribution in [2.24, 2.45) is 0 Å². The highest BCUT2D eigenvalue weighted by atomic mass is 16.5. The number of carbonyl (C=O) groups is 3. The summed E-state index contributed by atoms with van der Waals surface area (Å²) in [5.74, 6) is 0.580. The van der Waals surface area contributed by atoms with Crippen LogP contribution in [0.2, 0.25) is 0 Å². The van der Waals surface area contributed by atoms with Gasteiger partial charge in [-0.25, -0.2) is 4.79 Å². The van der Waals surface area contributed by atoms with Crippen LogP contribution in [0.3, 0.4) is 0 Å². The molecule has 0 aliphatic carbocycles. The molecule has 8 nitrogen and oxygen atoms in total. The summed E-state index contributed by atoms with van der Waals surface area (Å²) in [4.78, 5) is 38.2. The van der Waals surface area contributed by atoms with Gasteiger partial charge in [0.2, 0.25) is 5.91 Å². The highest BCUT2D eigenvalue weighted by Crippen LogP contribution is 2.28. The molecule has 2 aromatic carbocycles. The van der Waals surface area contributed by atoms with Crippen molar-refractivity contribution in [2.45, 2.75) is 32.0 Å². The number of nitrogens with one attached hydrogen (secondary N) is 2. The summed E-state index contributed by atoms with van der Waals surface area (Å²) in [5, 5.41) is 5.48. The Morgan fingerprint density at radius 1 is 1.03 bits per heavy atom. The first-order chi connectivity index (χ1) is 14.5. The van der Waals surface area contributed by atoms with Gasteiger partial charge in [0, 0.05) is 13.0 Å². The second-order valence-corrected chi connectivity index (χ2v) is 6.92. The first-order valence-corrected chi connectivity index (χ1v) is 9.65. The smallest absolute Gasteiger partial charge is 0.325 e. The fourth-order valence-electron chi connectivity index (χ4n) is 3.24. The molecular weight excluding hydrogens is 386 g/mol. The normalized spacial score (nSPS) is 15.7. The second-order valence-electron chi connectivity index (χ2n) is 6.92. The molecule has 0 saturated carbocycles. The highest BCUT2D eigenvalue weighted by molar-refractivity contribution is 6.04. The molecule has 158 valence electrons. The molecule has 1 aliphatic heterocycles. The van der Waals surface area contributed by atoms with Gasteiger partial charge in [-0.3, -0.25) is 14.5 Å². The lowest BCUT2D eigenvalue weighted by Gasteiger charge is -2.15. The van der Waals surface area contributed by atoms with E-state index in [1.807, 2.05) is 30.3 Å². The van der Waals surface area contributed by atoms with Gasteiger partial charge in [0.25, 0.3) is 5.91 Å². The van der Waals surface area contributed by atoms with Crippen molar-refractivity contribution in [3.8, 4) is 11.5 Å². The zero-order valence-corrected chi connectivity index (χ0v) is 17.0. The van der Waals surface area contributed by atoms with Gasteiger partial charge in [-0.2, -0.15) is 0 Å². The molecule has 0 unspecified atom stereocenters. The Bertz CT molecular complexity index is 916. The van der Waals surface area contributed by atoms with E-state index in [1.165, 1.54) is 14.2 Å². The van der Waals surface area contributed by atoms with Crippen LogP contribution in [0.25, 0.3) is 0 Å². The van der Waals surface area contributed by atoms with Crippen molar-refractivity contribution >= 4 is 17.8 Å². The van der Waals surface area contributed by atoms with Gasteiger partial charge in [-0.15, -0.1) is 0 Å². The molecule has 1 atom stereocenters. The van der Waals surface area contributed by atoms with Crippen LogP contribution >= 0.6 is 0 Å². The third kappa shape index (κ3) is 5.08. The molecule has 0 radical (unpaired) electrons. The lowest BCUT2D eigenvalue weighted by Crippen LogP contribution is -2.32. The van der Waals surface area contributed by atoms with Crippen molar-refractivity contribution in [1.82, 2.24) is 15.5 Å². The monoisotopic (exact) mass is 411 g/mol. The minimum atomic E-state index is -0.708. The lowest BCUT2D eigenvalue weighted by atomic mass is 10.1. The van der Waals surface area contributed by atoms with E-state index in [0.29, 0.717) is 18.0 Å². The Hall–Kier alpha value is -3.55. The summed E-state index contributed by atoms with van der Waals surface area (Å²) in [6.07, 6.45) is 0.390. The average Bonchev–Trinajstić information content (AvgIpc) is 3.04. The van der Waals surface area contributed by atoms with E-state index in [-0.39, 0.29) is 31.2 Å². The number of nitrogens with zero attached hydrogens (tertiary/aromatic N) is 1. The lowest BCUT2D eigenvalue weighted by molar-refractivity contribution is -0.128. The van der Waals surface area contributed by atoms with Gasteiger partial charge in [-0.1, -0.05) is 36.4 Å². The van der Waals surface area contributed by atoms with Crippen LogP contribution in [0.1, 0.15) is 24.0 Å². The summed E-state index contributed by atoms with van der Waals surface area (Å²) in [7, 11) is 3.06. The maximum Gasteiger partial charge on any atom is 0.325 e. The molecule has 0 bridgehead atoms. The average molecular weight is 411 g/mol. The van der Waals surface area contributed by atoms with Gasteiger partial charge in [0.1, 0.15) is 6.04 Å². The molecule has 4 amide bonds. The van der Waals surface area contributed by atoms with Crippen LogP contribution in [-0.2, 0) is 22.7 Å². The topological polar surface area (TPSA) is 97.0 Å². The standard InChI is InChI=1S/C22H25N3O5/c1-29-18-10-8-16(12-19(18)30-2)14-25-21(27)17(24-22(25)28)9-11-20(26)23-13-15-6-4-3-5-7-15/h3-8,10,12,17H,9,11,13-14H2,1-2H3,(H,23,26)(H,24,28)/t17-/m1/s1. The molecule has 1 aliphatic rings. The molecular formula is C22H25N3O5. The fraction of sp³-hybridized carbons (Fsp3) is 0.318. The van der Waals surface area contributed by atoms with Crippen molar-refractivity contribution < 1.29 is 23.9 Å². The number of carbonyl (C=O) groups excluding carboxylic acids is 3. The zero-order chi connectivity index (χ0) is 21.5. The van der Waals surface area contributed by atoms with Gasteiger partial charge in [-0.05, 0) is 29.7 Å². The Kier molecular flexibility index (Phi) is 6.90. The Labute approximate surface area is 175 Å². The van der Waals surface area contributed by atoms with E-state index in [2.05, 4.69) is 10.6 Å². The van der Waals surface area contributed by atoms with Crippen LogP contribution in [0.15, 0.2) is 48.5 Å². The number of hydrogen-bond acceptors (Lipinski definition) is 5. The number of methoxy groups -OCH3 is 2. The first-order valence-electron chi connectivity index (χ1n) is 9.65. The molecule has 2 aromatic rings. The maximum atomic E-state index is 12.6. The number of urea groups is 1. The Balaban J connectivity index is 1.52. The summed E-state index contributed by atoms with van der Waals surface area (Å²) in [6.45, 7) is 0.539. The summed E-state index contributed by atoms with van der Waals surface area (Å²) >= 11 is 0. The van der Waals surface area contributed by atoms with Crippen LogP contribution in [0.4, 0.5) is 4.79 Å². The van der Waals surface area contributed by atoms with E-state index in [9.17, 15) is 14.4 Å². The summed E-state index contributed by atoms with van der Waals surface area (Å²) in [6, 6.07) is 13.6. The third-order valence-corrected chi connectivity index (χ3v) is 4.89. The second kappa shape index (κ2) is 9.78. The molecule has 0 aromatic heterocycles. The Morgan fingerprint density at radius 2 is 1.77 bits per heavy atom. The number of amides is 4. The van der Waals surface area contributed by atoms with Crippen LogP contribution in [0.5, 0.6) is 11.5 Å². The quantitative estimate of drug-likeness (QED) is 0.617.